The van der Waals surface area contributed by atoms with Crippen molar-refractivity contribution < 1.29 is 9.53 Å². The third kappa shape index (κ3) is 4.12. The van der Waals surface area contributed by atoms with Gasteiger partial charge < -0.3 is 10.1 Å². The Morgan fingerprint density at radius 3 is 2.68 bits per heavy atom. The molecule has 0 spiro atoms. The minimum absolute atomic E-state index is 0.175. The van der Waals surface area contributed by atoms with Crippen LogP contribution in [0.5, 0.6) is 5.88 Å². The first-order valence-electron chi connectivity index (χ1n) is 5.44. The van der Waals surface area contributed by atoms with Crippen LogP contribution < -0.4 is 10.1 Å². The number of carbonyl (C=O) groups is 1. The van der Waals surface area contributed by atoms with E-state index in [1.165, 1.54) is 12.3 Å². The predicted molar refractivity (Wildman–Crippen MR) is 74.8 cm³/mol. The largest absolute Gasteiger partial charge is 0.466 e. The molecule has 0 radical (unpaired) electrons. The van der Waals surface area contributed by atoms with Crippen LogP contribution in [-0.2, 0) is 4.79 Å². The molecule has 0 unspecified atom stereocenters. The van der Waals surface area contributed by atoms with Crippen LogP contribution in [0.1, 0.15) is 0 Å². The Morgan fingerprint density at radius 2 is 2.00 bits per heavy atom. The molecule has 1 heterocycles. The maximum atomic E-state index is 11.6. The monoisotopic (exact) mass is 296 g/mol. The second-order valence-electron chi connectivity index (χ2n) is 3.64. The first-order chi connectivity index (χ1) is 9.15. The number of hydrogen-bond acceptors (Lipinski definition) is 3. The summed E-state index contributed by atoms with van der Waals surface area (Å²) in [7, 11) is 0. The fraction of sp³-hybridized carbons (Fsp3) is 0.0769. The normalized spacial score (nSPS) is 10.0. The van der Waals surface area contributed by atoms with Gasteiger partial charge in [-0.25, -0.2) is 4.98 Å². The molecule has 0 bridgehead atoms. The van der Waals surface area contributed by atoms with Gasteiger partial charge in [0, 0.05) is 11.9 Å². The van der Waals surface area contributed by atoms with Gasteiger partial charge in [0.1, 0.15) is 5.02 Å². The van der Waals surface area contributed by atoms with Crippen LogP contribution in [0.3, 0.4) is 0 Å². The summed E-state index contributed by atoms with van der Waals surface area (Å²) in [5.74, 6) is -0.117. The number of nitrogens with one attached hydrogen (secondary N) is 1. The van der Waals surface area contributed by atoms with Gasteiger partial charge in [-0.3, -0.25) is 4.79 Å². The molecule has 0 aliphatic heterocycles. The number of pyridine rings is 1. The number of carbonyl (C=O) groups excluding carboxylic acids is 1. The molecule has 1 aromatic carbocycles. The number of para-hydroxylation sites is 1. The van der Waals surface area contributed by atoms with Gasteiger partial charge in [-0.05, 0) is 18.2 Å². The lowest BCUT2D eigenvalue weighted by molar-refractivity contribution is -0.118. The molecule has 2 aromatic rings. The molecule has 2 rings (SSSR count). The van der Waals surface area contributed by atoms with Crippen LogP contribution in [-0.4, -0.2) is 17.5 Å². The van der Waals surface area contributed by atoms with Crippen molar-refractivity contribution in [2.24, 2.45) is 0 Å². The van der Waals surface area contributed by atoms with Gasteiger partial charge in [0.05, 0.1) is 5.02 Å². The van der Waals surface area contributed by atoms with Gasteiger partial charge in [-0.15, -0.1) is 0 Å². The Hall–Kier alpha value is -1.78. The van der Waals surface area contributed by atoms with Crippen LogP contribution in [0, 0.1) is 0 Å². The molecule has 1 N–H and O–H groups in total. The van der Waals surface area contributed by atoms with Crippen molar-refractivity contribution in [3.8, 4) is 5.88 Å². The molecular formula is C13H10Cl2N2O2. The highest BCUT2D eigenvalue weighted by atomic mass is 35.5. The number of aromatic nitrogens is 1. The van der Waals surface area contributed by atoms with Gasteiger partial charge in [-0.1, -0.05) is 41.4 Å². The van der Waals surface area contributed by atoms with Gasteiger partial charge in [0.15, 0.2) is 6.61 Å². The van der Waals surface area contributed by atoms with Crippen molar-refractivity contribution in [3.05, 3.63) is 52.6 Å². The molecule has 19 heavy (non-hydrogen) atoms. The van der Waals surface area contributed by atoms with E-state index >= 15 is 0 Å². The van der Waals surface area contributed by atoms with Crippen molar-refractivity contribution in [3.63, 3.8) is 0 Å². The molecule has 0 fully saturated rings. The third-order valence-corrected chi connectivity index (χ3v) is 2.65. The SMILES string of the molecule is O=C(COc1ncc(Cl)cc1Cl)Nc1ccccc1. The molecule has 1 aromatic heterocycles. The zero-order chi connectivity index (χ0) is 13.7. The smallest absolute Gasteiger partial charge is 0.262 e. The summed E-state index contributed by atoms with van der Waals surface area (Å²) in [4.78, 5) is 15.5. The molecule has 98 valence electrons. The van der Waals surface area contributed by atoms with E-state index in [0.29, 0.717) is 10.7 Å². The van der Waals surface area contributed by atoms with Crippen LogP contribution in [0.25, 0.3) is 0 Å². The summed E-state index contributed by atoms with van der Waals surface area (Å²) < 4.78 is 5.21. The second kappa shape index (κ2) is 6.41. The Morgan fingerprint density at radius 1 is 1.26 bits per heavy atom. The van der Waals surface area contributed by atoms with E-state index in [1.807, 2.05) is 18.2 Å². The van der Waals surface area contributed by atoms with Crippen molar-refractivity contribution in [1.82, 2.24) is 4.98 Å². The van der Waals surface area contributed by atoms with E-state index in [2.05, 4.69) is 10.3 Å². The molecule has 4 nitrogen and oxygen atoms in total. The van der Waals surface area contributed by atoms with Gasteiger partial charge >= 0.3 is 0 Å². The van der Waals surface area contributed by atoms with E-state index < -0.39 is 0 Å². The number of rotatable bonds is 4. The zero-order valence-corrected chi connectivity index (χ0v) is 11.3. The summed E-state index contributed by atoms with van der Waals surface area (Å²) in [6.45, 7) is -0.177. The van der Waals surface area contributed by atoms with Crippen LogP contribution >= 0.6 is 23.2 Å². The van der Waals surface area contributed by atoms with Gasteiger partial charge in [0.2, 0.25) is 5.88 Å². The molecule has 0 atom stereocenters. The summed E-state index contributed by atoms with van der Waals surface area (Å²) in [5, 5.41) is 3.35. The van der Waals surface area contributed by atoms with Crippen LogP contribution in [0.2, 0.25) is 10.0 Å². The third-order valence-electron chi connectivity index (χ3n) is 2.17. The highest BCUT2D eigenvalue weighted by Gasteiger charge is 2.07. The van der Waals surface area contributed by atoms with Crippen molar-refractivity contribution in [2.45, 2.75) is 0 Å². The Bertz CT molecular complexity index is 576. The highest BCUT2D eigenvalue weighted by Crippen LogP contribution is 2.24. The van der Waals surface area contributed by atoms with Crippen LogP contribution in [0.15, 0.2) is 42.6 Å². The zero-order valence-electron chi connectivity index (χ0n) is 9.77. The Labute approximate surface area is 120 Å². The standard InChI is InChI=1S/C13H10Cl2N2O2/c14-9-6-11(15)13(16-7-9)19-8-12(18)17-10-4-2-1-3-5-10/h1-7H,8H2,(H,17,18). The summed E-state index contributed by atoms with van der Waals surface area (Å²) in [6, 6.07) is 10.6. The molecule has 6 heteroatoms. The fourth-order valence-corrected chi connectivity index (χ4v) is 1.80. The van der Waals surface area contributed by atoms with E-state index in [-0.39, 0.29) is 23.4 Å². The maximum absolute atomic E-state index is 11.6. The molecule has 0 saturated heterocycles. The van der Waals surface area contributed by atoms with Crippen molar-refractivity contribution in [1.29, 1.82) is 0 Å². The quantitative estimate of drug-likeness (QED) is 0.941. The first-order valence-corrected chi connectivity index (χ1v) is 6.19. The van der Waals surface area contributed by atoms with E-state index in [1.54, 1.807) is 12.1 Å². The average molecular weight is 297 g/mol. The number of amides is 1. The summed E-state index contributed by atoms with van der Waals surface area (Å²) in [6.07, 6.45) is 1.40. The van der Waals surface area contributed by atoms with E-state index in [9.17, 15) is 4.79 Å². The summed E-state index contributed by atoms with van der Waals surface area (Å²) >= 11 is 11.6. The second-order valence-corrected chi connectivity index (χ2v) is 4.49. The molecule has 0 aliphatic carbocycles. The van der Waals surface area contributed by atoms with Crippen molar-refractivity contribution >= 4 is 34.8 Å². The number of nitrogens with zero attached hydrogens (tertiary/aromatic N) is 1. The Balaban J connectivity index is 1.90. The lowest BCUT2D eigenvalue weighted by Gasteiger charge is -2.07. The predicted octanol–water partition coefficient (Wildman–Crippen LogP) is 3.41. The lowest BCUT2D eigenvalue weighted by Crippen LogP contribution is -2.20. The van der Waals surface area contributed by atoms with Gasteiger partial charge in [-0.2, -0.15) is 0 Å². The number of halogens is 2. The van der Waals surface area contributed by atoms with E-state index in [0.717, 1.165) is 0 Å². The average Bonchev–Trinajstić information content (AvgIpc) is 2.39. The summed E-state index contributed by atoms with van der Waals surface area (Å²) in [5.41, 5.74) is 0.700. The molecular weight excluding hydrogens is 287 g/mol. The van der Waals surface area contributed by atoms with E-state index in [4.69, 9.17) is 27.9 Å². The fourth-order valence-electron chi connectivity index (χ4n) is 1.36. The number of anilines is 1. The number of hydrogen-bond donors (Lipinski definition) is 1. The van der Waals surface area contributed by atoms with Gasteiger partial charge in [0.25, 0.3) is 5.91 Å². The van der Waals surface area contributed by atoms with Crippen LogP contribution in [0.4, 0.5) is 5.69 Å². The molecule has 1 amide bonds. The number of ether oxygens (including phenoxy) is 1. The Kier molecular flexibility index (Phi) is 4.60. The minimum Gasteiger partial charge on any atom is -0.466 e. The minimum atomic E-state index is -0.293. The first kappa shape index (κ1) is 13.6. The molecule has 0 saturated carbocycles. The maximum Gasteiger partial charge on any atom is 0.262 e. The topological polar surface area (TPSA) is 51.2 Å². The lowest BCUT2D eigenvalue weighted by atomic mass is 10.3. The number of benzene rings is 1. The highest BCUT2D eigenvalue weighted by molar-refractivity contribution is 6.35. The van der Waals surface area contributed by atoms with Crippen molar-refractivity contribution in [2.75, 3.05) is 11.9 Å². The molecule has 0 aliphatic rings.